The van der Waals surface area contributed by atoms with Gasteiger partial charge in [0.1, 0.15) is 5.75 Å². The van der Waals surface area contributed by atoms with Crippen molar-refractivity contribution in [1.82, 2.24) is 0 Å². The summed E-state index contributed by atoms with van der Waals surface area (Å²) in [5, 5.41) is 8.71. The molecule has 2 aromatic carbocycles. The van der Waals surface area contributed by atoms with Gasteiger partial charge in [0.15, 0.2) is 6.61 Å². The van der Waals surface area contributed by atoms with E-state index in [0.717, 1.165) is 28.2 Å². The van der Waals surface area contributed by atoms with Gasteiger partial charge in [-0.05, 0) is 68.1 Å². The van der Waals surface area contributed by atoms with E-state index in [9.17, 15) is 18.0 Å². The molecule has 0 saturated carbocycles. The van der Waals surface area contributed by atoms with Crippen LogP contribution in [-0.4, -0.2) is 36.1 Å². The van der Waals surface area contributed by atoms with E-state index in [4.69, 9.17) is 14.6 Å². The molecular formula is C22H25F3O4S. The molecule has 30 heavy (non-hydrogen) atoms. The topological polar surface area (TPSA) is 55.8 Å². The molecule has 0 aromatic heterocycles. The smallest absolute Gasteiger partial charge is 0.416 e. The zero-order valence-corrected chi connectivity index (χ0v) is 17.7. The maximum Gasteiger partial charge on any atom is 0.416 e. The second kappa shape index (κ2) is 11.3. The molecule has 2 aromatic rings. The van der Waals surface area contributed by atoms with Gasteiger partial charge in [-0.15, -0.1) is 11.8 Å². The summed E-state index contributed by atoms with van der Waals surface area (Å²) in [6, 6.07) is 10.8. The minimum atomic E-state index is -4.32. The first-order valence-electron chi connectivity index (χ1n) is 9.54. The molecule has 2 rings (SSSR count). The maximum atomic E-state index is 12.7. The highest BCUT2D eigenvalue weighted by Crippen LogP contribution is 2.30. The SMILES string of the molecule is CCOC(CCc1ccc(C(F)(F)F)cc1)CSc1ccc(OCC(=O)O)c(C)c1. The summed E-state index contributed by atoms with van der Waals surface area (Å²) in [6.07, 6.45) is -3.03. The quantitative estimate of drug-likeness (QED) is 0.459. The Labute approximate surface area is 178 Å². The second-order valence-corrected chi connectivity index (χ2v) is 7.82. The number of carboxylic acid groups (broad SMARTS) is 1. The van der Waals surface area contributed by atoms with Crippen molar-refractivity contribution in [3.05, 3.63) is 59.2 Å². The number of thioether (sulfide) groups is 1. The van der Waals surface area contributed by atoms with Crippen molar-refractivity contribution in [2.75, 3.05) is 19.0 Å². The van der Waals surface area contributed by atoms with E-state index in [1.807, 2.05) is 26.0 Å². The Bertz CT molecular complexity index is 822. The highest BCUT2D eigenvalue weighted by atomic mass is 32.2. The number of alkyl halides is 3. The molecule has 0 aliphatic rings. The van der Waals surface area contributed by atoms with Crippen LogP contribution in [0.4, 0.5) is 13.2 Å². The zero-order chi connectivity index (χ0) is 22.1. The number of hydrogen-bond donors (Lipinski definition) is 1. The molecule has 0 heterocycles. The molecule has 0 bridgehead atoms. The van der Waals surface area contributed by atoms with Crippen LogP contribution < -0.4 is 4.74 Å². The third-order valence-corrected chi connectivity index (χ3v) is 5.50. The lowest BCUT2D eigenvalue weighted by molar-refractivity contribution is -0.139. The number of hydrogen-bond acceptors (Lipinski definition) is 4. The lowest BCUT2D eigenvalue weighted by Gasteiger charge is -2.17. The maximum absolute atomic E-state index is 12.7. The Balaban J connectivity index is 1.89. The molecule has 0 spiro atoms. The average molecular weight is 442 g/mol. The molecule has 8 heteroatoms. The Morgan fingerprint density at radius 1 is 1.17 bits per heavy atom. The van der Waals surface area contributed by atoms with E-state index in [-0.39, 0.29) is 12.7 Å². The van der Waals surface area contributed by atoms with Crippen LogP contribution in [0.5, 0.6) is 5.75 Å². The molecule has 1 atom stereocenters. The monoisotopic (exact) mass is 442 g/mol. The fraction of sp³-hybridized carbons (Fsp3) is 0.409. The summed E-state index contributed by atoms with van der Waals surface area (Å²) in [6.45, 7) is 3.93. The number of carboxylic acids is 1. The number of ether oxygens (including phenoxy) is 2. The number of aliphatic carboxylic acids is 1. The summed E-state index contributed by atoms with van der Waals surface area (Å²) >= 11 is 1.61. The first kappa shape index (κ1) is 24.1. The van der Waals surface area contributed by atoms with E-state index in [0.29, 0.717) is 31.0 Å². The van der Waals surface area contributed by atoms with Gasteiger partial charge in [0.25, 0.3) is 0 Å². The van der Waals surface area contributed by atoms with Crippen molar-refractivity contribution in [2.45, 2.75) is 43.9 Å². The molecule has 1 unspecified atom stereocenters. The van der Waals surface area contributed by atoms with Crippen molar-refractivity contribution in [3.63, 3.8) is 0 Å². The van der Waals surface area contributed by atoms with Crippen LogP contribution in [0.25, 0.3) is 0 Å². The third kappa shape index (κ3) is 7.91. The fourth-order valence-corrected chi connectivity index (χ4v) is 3.91. The van der Waals surface area contributed by atoms with Gasteiger partial charge >= 0.3 is 12.1 Å². The van der Waals surface area contributed by atoms with Crippen molar-refractivity contribution in [2.24, 2.45) is 0 Å². The molecule has 1 N–H and O–H groups in total. The largest absolute Gasteiger partial charge is 0.482 e. The predicted molar refractivity (Wildman–Crippen MR) is 110 cm³/mol. The van der Waals surface area contributed by atoms with Gasteiger partial charge in [0.05, 0.1) is 11.7 Å². The minimum Gasteiger partial charge on any atom is -0.482 e. The van der Waals surface area contributed by atoms with E-state index < -0.39 is 17.7 Å². The van der Waals surface area contributed by atoms with Crippen molar-refractivity contribution in [1.29, 1.82) is 0 Å². The van der Waals surface area contributed by atoms with Crippen LogP contribution in [0.15, 0.2) is 47.4 Å². The Hall–Kier alpha value is -2.19. The Morgan fingerprint density at radius 3 is 2.43 bits per heavy atom. The first-order chi connectivity index (χ1) is 14.2. The van der Waals surface area contributed by atoms with E-state index >= 15 is 0 Å². The van der Waals surface area contributed by atoms with Crippen LogP contribution in [0.3, 0.4) is 0 Å². The number of aryl methyl sites for hydroxylation is 2. The Kier molecular flexibility index (Phi) is 9.05. The molecule has 0 amide bonds. The fourth-order valence-electron chi connectivity index (χ4n) is 2.84. The zero-order valence-electron chi connectivity index (χ0n) is 16.9. The third-order valence-electron chi connectivity index (χ3n) is 4.37. The van der Waals surface area contributed by atoms with Gasteiger partial charge in [0.2, 0.25) is 0 Å². The molecular weight excluding hydrogens is 417 g/mol. The van der Waals surface area contributed by atoms with Crippen LogP contribution in [-0.2, 0) is 22.1 Å². The first-order valence-corrected chi connectivity index (χ1v) is 10.5. The highest BCUT2D eigenvalue weighted by Gasteiger charge is 2.29. The summed E-state index contributed by atoms with van der Waals surface area (Å²) in [5.74, 6) is 0.203. The highest BCUT2D eigenvalue weighted by molar-refractivity contribution is 7.99. The molecule has 0 aliphatic heterocycles. The summed E-state index contributed by atoms with van der Waals surface area (Å²) in [7, 11) is 0. The molecule has 0 fully saturated rings. The van der Waals surface area contributed by atoms with Gasteiger partial charge in [-0.3, -0.25) is 0 Å². The average Bonchev–Trinajstić information content (AvgIpc) is 2.69. The molecule has 0 radical (unpaired) electrons. The number of rotatable bonds is 11. The van der Waals surface area contributed by atoms with Gasteiger partial charge < -0.3 is 14.6 Å². The summed E-state index contributed by atoms with van der Waals surface area (Å²) < 4.78 is 49.0. The molecule has 0 aliphatic carbocycles. The van der Waals surface area contributed by atoms with Crippen LogP contribution in [0.2, 0.25) is 0 Å². The lowest BCUT2D eigenvalue weighted by atomic mass is 10.1. The number of benzene rings is 2. The van der Waals surface area contributed by atoms with Gasteiger partial charge in [-0.1, -0.05) is 12.1 Å². The summed E-state index contributed by atoms with van der Waals surface area (Å²) in [4.78, 5) is 11.6. The molecule has 4 nitrogen and oxygen atoms in total. The summed E-state index contributed by atoms with van der Waals surface area (Å²) in [5.41, 5.74) is 1.04. The second-order valence-electron chi connectivity index (χ2n) is 6.73. The van der Waals surface area contributed by atoms with Crippen molar-refractivity contribution < 1.29 is 32.5 Å². The van der Waals surface area contributed by atoms with Gasteiger partial charge in [0, 0.05) is 17.3 Å². The van der Waals surface area contributed by atoms with E-state index in [2.05, 4.69) is 0 Å². The van der Waals surface area contributed by atoms with Crippen molar-refractivity contribution in [3.8, 4) is 5.75 Å². The predicted octanol–water partition coefficient (Wildman–Crippen LogP) is 5.61. The van der Waals surface area contributed by atoms with Crippen molar-refractivity contribution >= 4 is 17.7 Å². The standard InChI is InChI=1S/C22H25F3O4S/c1-3-28-18(9-6-16-4-7-17(8-5-16)22(23,24)25)14-30-19-10-11-20(15(2)12-19)29-13-21(26)27/h4-5,7-8,10-12,18H,3,6,9,13-14H2,1-2H3,(H,26,27). The lowest BCUT2D eigenvalue weighted by Crippen LogP contribution is -2.17. The molecule has 0 saturated heterocycles. The Morgan fingerprint density at radius 2 is 1.87 bits per heavy atom. The van der Waals surface area contributed by atoms with Crippen LogP contribution >= 0.6 is 11.8 Å². The minimum absolute atomic E-state index is 0.0365. The molecule has 164 valence electrons. The normalized spacial score (nSPS) is 12.6. The van der Waals surface area contributed by atoms with Crippen LogP contribution in [0, 0.1) is 6.92 Å². The van der Waals surface area contributed by atoms with E-state index in [1.165, 1.54) is 12.1 Å². The van der Waals surface area contributed by atoms with Gasteiger partial charge in [-0.2, -0.15) is 13.2 Å². The van der Waals surface area contributed by atoms with E-state index in [1.54, 1.807) is 17.8 Å². The number of halogens is 3. The number of carbonyl (C=O) groups is 1. The van der Waals surface area contributed by atoms with Gasteiger partial charge in [-0.25, -0.2) is 4.79 Å². The van der Waals surface area contributed by atoms with Crippen LogP contribution in [0.1, 0.15) is 30.0 Å².